The highest BCUT2D eigenvalue weighted by Gasteiger charge is 2.57. The van der Waals surface area contributed by atoms with E-state index in [9.17, 15) is 0 Å². The first-order valence-electron chi connectivity index (χ1n) is 14.4. The molecule has 4 aliphatic carbocycles. The minimum atomic E-state index is -1.48. The van der Waals surface area contributed by atoms with E-state index in [1.54, 1.807) is 0 Å². The molecule has 4 rings (SSSR count). The molecule has 0 saturated heterocycles. The van der Waals surface area contributed by atoms with Crippen LogP contribution < -0.4 is 0 Å². The zero-order chi connectivity index (χ0) is 24.2. The maximum absolute atomic E-state index is 6.71. The van der Waals surface area contributed by atoms with E-state index in [2.05, 4.69) is 67.3 Å². The van der Waals surface area contributed by atoms with Gasteiger partial charge in [-0.25, -0.2) is 0 Å². The van der Waals surface area contributed by atoms with Gasteiger partial charge in [-0.3, -0.25) is 0 Å². The van der Waals surface area contributed by atoms with Crippen LogP contribution in [0.25, 0.3) is 0 Å². The summed E-state index contributed by atoms with van der Waals surface area (Å²) in [5.41, 5.74) is 6.38. The molecule has 2 saturated carbocycles. The first kappa shape index (κ1) is 25.7. The Morgan fingerprint density at radius 2 is 1.79 bits per heavy atom. The van der Waals surface area contributed by atoms with Gasteiger partial charge >= 0.3 is 0 Å². The van der Waals surface area contributed by atoms with Crippen LogP contribution >= 0.6 is 0 Å². The highest BCUT2D eigenvalue weighted by Crippen LogP contribution is 2.66. The Hall–Kier alpha value is -0.343. The molecule has 0 aliphatic heterocycles. The maximum atomic E-state index is 6.71. The summed E-state index contributed by atoms with van der Waals surface area (Å²) < 4.78 is 6.71. The van der Waals surface area contributed by atoms with Gasteiger partial charge < -0.3 is 4.43 Å². The normalized spacial score (nSPS) is 41.8. The SMILES string of the molecule is CC(C)=CCCC(C)C1CCC2C3=C(CCC21C)C1(C)CCC(O[Si](C)(C)C)C(C)C1CC3. The summed E-state index contributed by atoms with van der Waals surface area (Å²) in [4.78, 5) is 0. The Balaban J connectivity index is 1.53. The summed E-state index contributed by atoms with van der Waals surface area (Å²) in [6, 6.07) is 0. The van der Waals surface area contributed by atoms with E-state index in [-0.39, 0.29) is 0 Å². The van der Waals surface area contributed by atoms with Crippen molar-refractivity contribution in [3.8, 4) is 0 Å². The zero-order valence-electron chi connectivity index (χ0n) is 23.5. The number of rotatable bonds is 6. The van der Waals surface area contributed by atoms with Gasteiger partial charge in [0.2, 0.25) is 0 Å². The first-order valence-corrected chi connectivity index (χ1v) is 17.8. The van der Waals surface area contributed by atoms with E-state index in [0.29, 0.717) is 22.9 Å². The lowest BCUT2D eigenvalue weighted by Crippen LogP contribution is -2.51. The average Bonchev–Trinajstić information content (AvgIpc) is 3.06. The van der Waals surface area contributed by atoms with Gasteiger partial charge in [-0.2, -0.15) is 0 Å². The Morgan fingerprint density at radius 3 is 2.45 bits per heavy atom. The minimum absolute atomic E-state index is 0.445. The van der Waals surface area contributed by atoms with E-state index in [4.69, 9.17) is 4.43 Å². The van der Waals surface area contributed by atoms with Gasteiger partial charge in [0.15, 0.2) is 8.32 Å². The highest BCUT2D eigenvalue weighted by atomic mass is 28.4. The minimum Gasteiger partial charge on any atom is -0.414 e. The summed E-state index contributed by atoms with van der Waals surface area (Å²) in [6.07, 6.45) is 16.8. The number of fused-ring (bicyclic) bond motifs is 4. The van der Waals surface area contributed by atoms with Crippen LogP contribution in [0.1, 0.15) is 106 Å². The van der Waals surface area contributed by atoms with E-state index in [0.717, 1.165) is 23.7 Å². The molecule has 0 aromatic rings. The van der Waals surface area contributed by atoms with Crippen LogP contribution in [0.2, 0.25) is 19.6 Å². The quantitative estimate of drug-likeness (QED) is 0.277. The fraction of sp³-hybridized carbons (Fsp3) is 0.871. The molecule has 0 radical (unpaired) electrons. The number of allylic oxidation sites excluding steroid dienone is 4. The topological polar surface area (TPSA) is 9.23 Å². The first-order chi connectivity index (χ1) is 15.4. The van der Waals surface area contributed by atoms with E-state index in [1.165, 1.54) is 69.8 Å². The summed E-state index contributed by atoms with van der Waals surface area (Å²) >= 11 is 0. The van der Waals surface area contributed by atoms with Crippen molar-refractivity contribution < 1.29 is 4.43 Å². The third-order valence-electron chi connectivity index (χ3n) is 10.9. The van der Waals surface area contributed by atoms with Crippen molar-refractivity contribution in [2.75, 3.05) is 0 Å². The third-order valence-corrected chi connectivity index (χ3v) is 11.9. The molecule has 0 aromatic carbocycles. The Bertz CT molecular complexity index is 783. The Kier molecular flexibility index (Phi) is 7.23. The average molecular weight is 471 g/mol. The summed E-state index contributed by atoms with van der Waals surface area (Å²) in [5, 5.41) is 0. The molecule has 33 heavy (non-hydrogen) atoms. The van der Waals surface area contributed by atoms with E-state index >= 15 is 0 Å². The second kappa shape index (κ2) is 9.27. The lowest BCUT2D eigenvalue weighted by molar-refractivity contribution is -0.0252. The van der Waals surface area contributed by atoms with Crippen molar-refractivity contribution in [2.24, 2.45) is 40.4 Å². The van der Waals surface area contributed by atoms with Crippen LogP contribution in [0.15, 0.2) is 22.8 Å². The molecule has 1 nitrogen and oxygen atoms in total. The van der Waals surface area contributed by atoms with Gasteiger partial charge in [-0.05, 0) is 138 Å². The zero-order valence-corrected chi connectivity index (χ0v) is 24.5. The molecule has 2 heteroatoms. The molecule has 4 aliphatic rings. The molecule has 0 bridgehead atoms. The Morgan fingerprint density at radius 1 is 1.06 bits per heavy atom. The van der Waals surface area contributed by atoms with Crippen LogP contribution in [-0.4, -0.2) is 14.4 Å². The van der Waals surface area contributed by atoms with Crippen LogP contribution in [0.5, 0.6) is 0 Å². The number of hydrogen-bond acceptors (Lipinski definition) is 1. The molecule has 0 spiro atoms. The van der Waals surface area contributed by atoms with Crippen molar-refractivity contribution in [3.05, 3.63) is 22.8 Å². The van der Waals surface area contributed by atoms with Gasteiger partial charge in [0, 0.05) is 6.10 Å². The molecule has 0 N–H and O–H groups in total. The fourth-order valence-electron chi connectivity index (χ4n) is 9.33. The van der Waals surface area contributed by atoms with Crippen LogP contribution in [0.3, 0.4) is 0 Å². The molecule has 0 aromatic heterocycles. The lowest BCUT2D eigenvalue weighted by Gasteiger charge is -2.57. The molecule has 2 fully saturated rings. The standard InChI is InChI=1S/C31H54OSi/c1-21(2)11-10-12-22(3)25-15-16-27-24-13-14-26-23(4)29(32-33(7,8)9)18-20-31(26,6)28(24)17-19-30(25,27)5/h11,22-23,25-27,29H,10,12-20H2,1-9H3. The molecule has 8 unspecified atom stereocenters. The second-order valence-corrected chi connectivity index (χ2v) is 18.8. The summed E-state index contributed by atoms with van der Waals surface area (Å²) in [5.74, 6) is 4.20. The van der Waals surface area contributed by atoms with Gasteiger partial charge in [0.1, 0.15) is 0 Å². The van der Waals surface area contributed by atoms with Gasteiger partial charge in [-0.1, -0.05) is 50.5 Å². The van der Waals surface area contributed by atoms with Crippen LogP contribution in [0.4, 0.5) is 0 Å². The number of hydrogen-bond donors (Lipinski definition) is 0. The van der Waals surface area contributed by atoms with E-state index < -0.39 is 8.32 Å². The molecule has 188 valence electrons. The van der Waals surface area contributed by atoms with Crippen molar-refractivity contribution in [2.45, 2.75) is 131 Å². The van der Waals surface area contributed by atoms with Crippen LogP contribution in [-0.2, 0) is 4.43 Å². The van der Waals surface area contributed by atoms with Crippen molar-refractivity contribution >= 4 is 8.32 Å². The third kappa shape index (κ3) is 4.74. The Labute approximate surface area is 207 Å². The van der Waals surface area contributed by atoms with Gasteiger partial charge in [0.25, 0.3) is 0 Å². The molecular weight excluding hydrogens is 416 g/mol. The van der Waals surface area contributed by atoms with Gasteiger partial charge in [0.05, 0.1) is 0 Å². The fourth-order valence-corrected chi connectivity index (χ4v) is 10.6. The molecule has 8 atom stereocenters. The van der Waals surface area contributed by atoms with Crippen LogP contribution in [0, 0.1) is 40.4 Å². The lowest BCUT2D eigenvalue weighted by atomic mass is 9.49. The van der Waals surface area contributed by atoms with Crippen molar-refractivity contribution in [1.82, 2.24) is 0 Å². The monoisotopic (exact) mass is 470 g/mol. The maximum Gasteiger partial charge on any atom is 0.184 e. The largest absolute Gasteiger partial charge is 0.414 e. The van der Waals surface area contributed by atoms with Crippen molar-refractivity contribution in [3.63, 3.8) is 0 Å². The summed E-state index contributed by atoms with van der Waals surface area (Å²) in [7, 11) is -1.48. The summed E-state index contributed by atoms with van der Waals surface area (Å²) in [6.45, 7) is 22.1. The van der Waals surface area contributed by atoms with E-state index in [1.807, 2.05) is 11.1 Å². The molecule has 0 amide bonds. The highest BCUT2D eigenvalue weighted by molar-refractivity contribution is 6.69. The predicted octanol–water partition coefficient (Wildman–Crippen LogP) is 9.56. The van der Waals surface area contributed by atoms with Gasteiger partial charge in [-0.15, -0.1) is 0 Å². The molecule has 0 heterocycles. The second-order valence-electron chi connectivity index (χ2n) is 14.3. The van der Waals surface area contributed by atoms with Crippen molar-refractivity contribution in [1.29, 1.82) is 0 Å². The predicted molar refractivity (Wildman–Crippen MR) is 146 cm³/mol. The smallest absolute Gasteiger partial charge is 0.184 e. The molecular formula is C31H54OSi.